The minimum Gasteiger partial charge on any atom is -0.391 e. The van der Waals surface area contributed by atoms with Crippen molar-refractivity contribution in [2.45, 2.75) is 44.2 Å². The van der Waals surface area contributed by atoms with Crippen LogP contribution >= 0.6 is 0 Å². The van der Waals surface area contributed by atoms with Crippen molar-refractivity contribution in [3.05, 3.63) is 59.7 Å². The lowest BCUT2D eigenvalue weighted by atomic mass is 10.0. The Labute approximate surface area is 161 Å². The topological polar surface area (TPSA) is 65.1 Å². The van der Waals surface area contributed by atoms with E-state index >= 15 is 0 Å². The van der Waals surface area contributed by atoms with Crippen LogP contribution in [-0.4, -0.2) is 28.1 Å². The lowest BCUT2D eigenvalue weighted by molar-refractivity contribution is -0.122. The lowest BCUT2D eigenvalue weighted by Crippen LogP contribution is -2.39. The maximum atomic E-state index is 13.8. The number of amides is 1. The van der Waals surface area contributed by atoms with Crippen LogP contribution in [0.25, 0.3) is 22.2 Å². The van der Waals surface area contributed by atoms with Gasteiger partial charge in [0.05, 0.1) is 12.1 Å². The summed E-state index contributed by atoms with van der Waals surface area (Å²) in [5.74, 6) is -0.819. The number of aliphatic hydroxyl groups excluding tert-OH is 1. The molecule has 146 valence electrons. The van der Waals surface area contributed by atoms with Crippen molar-refractivity contribution < 1.29 is 18.7 Å². The summed E-state index contributed by atoms with van der Waals surface area (Å²) < 4.78 is 27.1. The second-order valence-electron chi connectivity index (χ2n) is 7.35. The zero-order valence-corrected chi connectivity index (χ0v) is 15.3. The van der Waals surface area contributed by atoms with Gasteiger partial charge in [-0.05, 0) is 79.3 Å². The van der Waals surface area contributed by atoms with Gasteiger partial charge in [0.15, 0.2) is 0 Å². The Hall–Kier alpha value is -2.73. The van der Waals surface area contributed by atoms with E-state index in [4.69, 9.17) is 0 Å². The highest BCUT2D eigenvalue weighted by molar-refractivity contribution is 5.91. The van der Waals surface area contributed by atoms with Gasteiger partial charge in [-0.1, -0.05) is 0 Å². The molecule has 3 N–H and O–H groups in total. The van der Waals surface area contributed by atoms with Crippen molar-refractivity contribution in [1.82, 2.24) is 10.3 Å². The Balaban J connectivity index is 1.60. The van der Waals surface area contributed by atoms with Crippen molar-refractivity contribution in [2.24, 2.45) is 0 Å². The highest BCUT2D eigenvalue weighted by atomic mass is 19.1. The Morgan fingerprint density at radius 2 is 1.86 bits per heavy atom. The molecule has 3 aromatic rings. The number of rotatable bonds is 5. The summed E-state index contributed by atoms with van der Waals surface area (Å²) >= 11 is 0. The van der Waals surface area contributed by atoms with E-state index in [0.29, 0.717) is 18.2 Å². The molecular formula is C22H22F2N2O2. The Bertz CT molecular complexity index is 998. The minimum absolute atomic E-state index is 0.137. The first-order valence-electron chi connectivity index (χ1n) is 9.55. The average Bonchev–Trinajstić information content (AvgIpc) is 3.24. The van der Waals surface area contributed by atoms with Crippen LogP contribution in [0, 0.1) is 11.6 Å². The van der Waals surface area contributed by atoms with Gasteiger partial charge in [0.2, 0.25) is 5.91 Å². The molecule has 0 saturated heterocycles. The summed E-state index contributed by atoms with van der Waals surface area (Å²) in [4.78, 5) is 15.6. The third-order valence-electron chi connectivity index (χ3n) is 5.43. The molecule has 2 aromatic carbocycles. The number of aromatic nitrogens is 1. The van der Waals surface area contributed by atoms with E-state index in [1.807, 2.05) is 0 Å². The van der Waals surface area contributed by atoms with E-state index in [1.54, 1.807) is 18.2 Å². The third kappa shape index (κ3) is 3.78. The van der Waals surface area contributed by atoms with E-state index in [0.717, 1.165) is 35.2 Å². The Morgan fingerprint density at radius 3 is 2.57 bits per heavy atom. The first-order chi connectivity index (χ1) is 13.5. The molecule has 2 atom stereocenters. The number of hydrogen-bond donors (Lipinski definition) is 3. The molecule has 1 saturated carbocycles. The fourth-order valence-corrected chi connectivity index (χ4v) is 3.97. The number of fused-ring (bicyclic) bond motifs is 1. The summed E-state index contributed by atoms with van der Waals surface area (Å²) in [5.41, 5.74) is 3.12. The number of carbonyl (C=O) groups excluding carboxylic acids is 1. The van der Waals surface area contributed by atoms with Crippen LogP contribution in [0.5, 0.6) is 0 Å². The van der Waals surface area contributed by atoms with E-state index in [1.165, 1.54) is 24.3 Å². The SMILES string of the molecule is O=C(CCc1c(-c2ccc(F)cc2)[nH]c2ccc(F)cc12)N[C@@H]1CCC[C@H]1O. The number of aliphatic hydroxyl groups is 1. The number of nitrogens with one attached hydrogen (secondary N) is 2. The highest BCUT2D eigenvalue weighted by Gasteiger charge is 2.26. The molecule has 4 rings (SSSR count). The van der Waals surface area contributed by atoms with Gasteiger partial charge in [0.1, 0.15) is 11.6 Å². The number of H-pyrrole nitrogens is 1. The summed E-state index contributed by atoms with van der Waals surface area (Å²) in [6.07, 6.45) is 2.54. The van der Waals surface area contributed by atoms with Gasteiger partial charge in [-0.15, -0.1) is 0 Å². The van der Waals surface area contributed by atoms with Crippen molar-refractivity contribution in [3.8, 4) is 11.3 Å². The molecular weight excluding hydrogens is 362 g/mol. The summed E-state index contributed by atoms with van der Waals surface area (Å²) in [6, 6.07) is 10.4. The molecule has 0 unspecified atom stereocenters. The lowest BCUT2D eigenvalue weighted by Gasteiger charge is -2.16. The van der Waals surface area contributed by atoms with E-state index in [-0.39, 0.29) is 30.0 Å². The second-order valence-corrected chi connectivity index (χ2v) is 7.35. The predicted octanol–water partition coefficient (Wildman–Crippen LogP) is 4.08. The third-order valence-corrected chi connectivity index (χ3v) is 5.43. The molecule has 0 radical (unpaired) electrons. The number of benzene rings is 2. The molecule has 0 aliphatic heterocycles. The van der Waals surface area contributed by atoms with Gasteiger partial charge in [-0.2, -0.15) is 0 Å². The second kappa shape index (κ2) is 7.72. The first-order valence-corrected chi connectivity index (χ1v) is 9.55. The van der Waals surface area contributed by atoms with Crippen molar-refractivity contribution in [3.63, 3.8) is 0 Å². The zero-order chi connectivity index (χ0) is 19.7. The normalized spacial score (nSPS) is 19.2. The van der Waals surface area contributed by atoms with Gasteiger partial charge in [0.25, 0.3) is 0 Å². The molecule has 1 aliphatic rings. The maximum absolute atomic E-state index is 13.8. The van der Waals surface area contributed by atoms with Gasteiger partial charge < -0.3 is 15.4 Å². The van der Waals surface area contributed by atoms with Crippen LogP contribution in [0.1, 0.15) is 31.2 Å². The van der Waals surface area contributed by atoms with E-state index < -0.39 is 6.10 Å². The maximum Gasteiger partial charge on any atom is 0.220 e. The summed E-state index contributed by atoms with van der Waals surface area (Å²) in [7, 11) is 0. The Kier molecular flexibility index (Phi) is 5.13. The number of halogens is 2. The molecule has 4 nitrogen and oxygen atoms in total. The fraction of sp³-hybridized carbons (Fsp3) is 0.318. The number of hydrogen-bond acceptors (Lipinski definition) is 2. The fourth-order valence-electron chi connectivity index (χ4n) is 3.97. The zero-order valence-electron chi connectivity index (χ0n) is 15.3. The summed E-state index contributed by atoms with van der Waals surface area (Å²) in [6.45, 7) is 0. The van der Waals surface area contributed by atoms with Crippen LogP contribution < -0.4 is 5.32 Å². The molecule has 1 aliphatic carbocycles. The van der Waals surface area contributed by atoms with Gasteiger partial charge in [0, 0.05) is 23.0 Å². The molecule has 0 bridgehead atoms. The molecule has 1 aromatic heterocycles. The van der Waals surface area contributed by atoms with E-state index in [9.17, 15) is 18.7 Å². The van der Waals surface area contributed by atoms with Gasteiger partial charge in [-0.25, -0.2) is 8.78 Å². The number of carbonyl (C=O) groups is 1. The first kappa shape index (κ1) is 18.6. The smallest absolute Gasteiger partial charge is 0.220 e. The summed E-state index contributed by atoms with van der Waals surface area (Å²) in [5, 5.41) is 13.5. The molecule has 1 amide bonds. The highest BCUT2D eigenvalue weighted by Crippen LogP contribution is 2.32. The molecule has 0 spiro atoms. The van der Waals surface area contributed by atoms with Crippen molar-refractivity contribution in [2.75, 3.05) is 0 Å². The standard InChI is InChI=1S/C22H22F2N2O2/c23-14-6-4-13(5-7-14)22-16(17-12-15(24)8-10-18(17)26-22)9-11-21(28)25-19-2-1-3-20(19)27/h4-8,10,12,19-20,26-27H,1-3,9,11H2,(H,25,28)/t19-,20-/m1/s1. The van der Waals surface area contributed by atoms with Crippen molar-refractivity contribution >= 4 is 16.8 Å². The van der Waals surface area contributed by atoms with Crippen LogP contribution in [-0.2, 0) is 11.2 Å². The largest absolute Gasteiger partial charge is 0.391 e. The molecule has 1 heterocycles. The molecule has 1 fully saturated rings. The predicted molar refractivity (Wildman–Crippen MR) is 104 cm³/mol. The molecule has 6 heteroatoms. The monoisotopic (exact) mass is 384 g/mol. The Morgan fingerprint density at radius 1 is 1.11 bits per heavy atom. The van der Waals surface area contributed by atoms with Crippen LogP contribution in [0.4, 0.5) is 8.78 Å². The number of aromatic amines is 1. The van der Waals surface area contributed by atoms with E-state index in [2.05, 4.69) is 10.3 Å². The average molecular weight is 384 g/mol. The minimum atomic E-state index is -0.485. The number of aryl methyl sites for hydroxylation is 1. The van der Waals surface area contributed by atoms with Gasteiger partial charge in [-0.3, -0.25) is 4.79 Å². The van der Waals surface area contributed by atoms with Crippen LogP contribution in [0.2, 0.25) is 0 Å². The van der Waals surface area contributed by atoms with Crippen molar-refractivity contribution in [1.29, 1.82) is 0 Å². The quantitative estimate of drug-likeness (QED) is 0.621. The van der Waals surface area contributed by atoms with Crippen LogP contribution in [0.15, 0.2) is 42.5 Å². The van der Waals surface area contributed by atoms with Gasteiger partial charge >= 0.3 is 0 Å². The molecule has 28 heavy (non-hydrogen) atoms. The van der Waals surface area contributed by atoms with Crippen LogP contribution in [0.3, 0.4) is 0 Å².